The second-order valence-electron chi connectivity index (χ2n) is 10.7. The zero-order valence-electron chi connectivity index (χ0n) is 23.6. The van der Waals surface area contributed by atoms with E-state index in [1.807, 2.05) is 93.0 Å². The van der Waals surface area contributed by atoms with Gasteiger partial charge in [-0.1, -0.05) is 6.07 Å². The second-order valence-corrected chi connectivity index (χ2v) is 12.2. The second kappa shape index (κ2) is 9.62. The van der Waals surface area contributed by atoms with Crippen LogP contribution in [0.2, 0.25) is 0 Å². The number of nitrogens with zero attached hydrogens (tertiary/aromatic N) is 7. The molecule has 0 fully saturated rings. The zero-order valence-corrected chi connectivity index (χ0v) is 24.5. The van der Waals surface area contributed by atoms with Crippen LogP contribution in [-0.4, -0.2) is 57.9 Å². The molecule has 0 spiro atoms. The van der Waals surface area contributed by atoms with Crippen molar-refractivity contribution in [2.75, 3.05) is 14.1 Å². The Bertz CT molecular complexity index is 2470. The van der Waals surface area contributed by atoms with Crippen molar-refractivity contribution < 1.29 is 15.2 Å². The zero-order chi connectivity index (χ0) is 29.4. The maximum absolute atomic E-state index is 5.15. The molecule has 0 radical (unpaired) electrons. The molecule has 7 aromatic rings. The van der Waals surface area contributed by atoms with Crippen molar-refractivity contribution in [2.24, 2.45) is 0 Å². The number of H-pyrrole nitrogens is 2. The van der Waals surface area contributed by atoms with E-state index in [2.05, 4.69) is 26.0 Å². The summed E-state index contributed by atoms with van der Waals surface area (Å²) in [6, 6.07) is 30.4. The van der Waals surface area contributed by atoms with Gasteiger partial charge in [0.05, 0.1) is 0 Å². The molecule has 0 amide bonds. The molecule has 2 aliphatic heterocycles. The predicted octanol–water partition coefficient (Wildman–Crippen LogP) is 6.05. The molecule has 0 aliphatic carbocycles. The first-order valence-electron chi connectivity index (χ1n) is 14.1. The minimum absolute atomic E-state index is 0.587. The molecule has 0 unspecified atom stereocenters. The number of benzene rings is 4. The van der Waals surface area contributed by atoms with Crippen LogP contribution in [-0.2, 0) is 15.2 Å². The molecule has 9 rings (SSSR count). The molecule has 8 bridgehead atoms. The Hall–Kier alpha value is -5.28. The number of aromatic nitrogens is 8. The van der Waals surface area contributed by atoms with Gasteiger partial charge in [-0.3, -0.25) is 0 Å². The Balaban J connectivity index is 1.50. The van der Waals surface area contributed by atoms with Crippen LogP contribution in [0, 0.1) is 0 Å². The number of rotatable bonds is 2. The molecule has 0 atom stereocenters. The molecule has 2 aliphatic rings. The molecule has 3 aromatic heterocycles. The molecule has 5 heterocycles. The van der Waals surface area contributed by atoms with E-state index >= 15 is 0 Å². The van der Waals surface area contributed by atoms with Gasteiger partial charge in [-0.2, -0.15) is 0 Å². The summed E-state index contributed by atoms with van der Waals surface area (Å²) in [5.74, 6) is 2.36. The Morgan fingerprint density at radius 2 is 0.864 bits per heavy atom. The van der Waals surface area contributed by atoms with E-state index in [9.17, 15) is 0 Å². The van der Waals surface area contributed by atoms with Crippen LogP contribution in [0.15, 0.2) is 91.0 Å². The summed E-state index contributed by atoms with van der Waals surface area (Å²) in [7, 11) is 4.05. The van der Waals surface area contributed by atoms with Crippen molar-refractivity contribution in [3.8, 4) is 45.6 Å². The minimum atomic E-state index is 0.587. The first kappa shape index (κ1) is 25.2. The first-order valence-corrected chi connectivity index (χ1v) is 15.0. The Kier molecular flexibility index (Phi) is 5.52. The Morgan fingerprint density at radius 1 is 0.455 bits per heavy atom. The molecule has 0 saturated heterocycles. The topological polar surface area (TPSA) is 112 Å². The van der Waals surface area contributed by atoms with Crippen LogP contribution in [0.25, 0.3) is 89.7 Å². The number of hydrogen-bond donors (Lipinski definition) is 2. The van der Waals surface area contributed by atoms with Gasteiger partial charge < -0.3 is 0 Å². The van der Waals surface area contributed by atoms with E-state index in [0.717, 1.165) is 48.3 Å². The van der Waals surface area contributed by atoms with Gasteiger partial charge in [-0.05, 0) is 0 Å². The number of fused-ring (bicyclic) bond motifs is 20. The van der Waals surface area contributed by atoms with Gasteiger partial charge in [0.15, 0.2) is 0 Å². The summed E-state index contributed by atoms with van der Waals surface area (Å²) in [5.41, 5.74) is 6.39. The Morgan fingerprint density at radius 3 is 1.36 bits per heavy atom. The van der Waals surface area contributed by atoms with E-state index in [0.29, 0.717) is 45.9 Å². The fourth-order valence-electron chi connectivity index (χ4n) is 5.82. The summed E-state index contributed by atoms with van der Waals surface area (Å²) >= 11 is 1.75. The first-order chi connectivity index (χ1) is 21.6. The molecule has 44 heavy (non-hydrogen) atoms. The van der Waals surface area contributed by atoms with E-state index in [1.165, 1.54) is 0 Å². The number of hydrogen-bond acceptors (Lipinski definition) is 7. The molecule has 2 N–H and O–H groups in total. The van der Waals surface area contributed by atoms with Crippen LogP contribution in [0.1, 0.15) is 0 Å². The van der Waals surface area contributed by atoms with E-state index in [4.69, 9.17) is 29.9 Å². The van der Waals surface area contributed by atoms with Gasteiger partial charge in [-0.15, -0.1) is 0 Å². The fraction of sp³-hybridized carbons (Fsp3) is 0.0588. The van der Waals surface area contributed by atoms with Crippen molar-refractivity contribution in [3.05, 3.63) is 91.0 Å². The van der Waals surface area contributed by atoms with Crippen molar-refractivity contribution in [1.82, 2.24) is 43.8 Å². The molecule has 4 aromatic carbocycles. The summed E-state index contributed by atoms with van der Waals surface area (Å²) in [5, 5.41) is 3.82. The van der Waals surface area contributed by atoms with Crippen molar-refractivity contribution >= 4 is 48.6 Å². The van der Waals surface area contributed by atoms with E-state index in [1.54, 1.807) is 15.2 Å². The molecule has 9 nitrogen and oxygen atoms in total. The molecule has 10 heteroatoms. The van der Waals surface area contributed by atoms with Crippen LogP contribution in [0.3, 0.4) is 0 Å². The van der Waals surface area contributed by atoms with Gasteiger partial charge in [0, 0.05) is 0 Å². The summed E-state index contributed by atoms with van der Waals surface area (Å²) in [6.45, 7) is 0. The molecule has 0 saturated carbocycles. The average molecular weight is 621 g/mol. The molecule has 215 valence electrons. The van der Waals surface area contributed by atoms with E-state index < -0.39 is 0 Å². The predicted molar refractivity (Wildman–Crippen MR) is 169 cm³/mol. The normalized spacial score (nSPS) is 12.2. The van der Waals surface area contributed by atoms with Gasteiger partial charge in [-0.25, -0.2) is 0 Å². The third-order valence-electron chi connectivity index (χ3n) is 7.70. The standard InChI is InChI=1S/C32H17N8.C2H6N.Cu/c1-2-10-18-17(9-1)25-33-26(18)38-28-21-13-5-6-14-22(21)30(35-28)40-32-24-16-8-7-15-23(24)31(36-32)39-29-20-12-4-3-11-19(20)27(34-29)37-25;1-3-2;/h1-15H,(H2,33,34,35,36,37,38,39,40);1-2H3;/q;-1;+1. The third kappa shape index (κ3) is 3.89. The molecular weight excluding hydrogens is 598 g/mol. The van der Waals surface area contributed by atoms with Gasteiger partial charge in [0.1, 0.15) is 0 Å². The third-order valence-corrected chi connectivity index (χ3v) is 8.74. The van der Waals surface area contributed by atoms with Gasteiger partial charge in [0.25, 0.3) is 0 Å². The van der Waals surface area contributed by atoms with Gasteiger partial charge >= 0.3 is 252 Å². The monoisotopic (exact) mass is 620 g/mol. The van der Waals surface area contributed by atoms with Crippen LogP contribution >= 0.6 is 0 Å². The summed E-state index contributed by atoms with van der Waals surface area (Å²) < 4.78 is 3.11. The number of nitrogens with one attached hydrogen (secondary N) is 2. The van der Waals surface area contributed by atoms with Crippen LogP contribution in [0.5, 0.6) is 0 Å². The van der Waals surface area contributed by atoms with Crippen molar-refractivity contribution in [1.29, 1.82) is 0 Å². The Labute approximate surface area is 257 Å². The van der Waals surface area contributed by atoms with Crippen molar-refractivity contribution in [3.63, 3.8) is 0 Å². The number of aromatic amines is 2. The van der Waals surface area contributed by atoms with Crippen LogP contribution in [0.4, 0.5) is 0 Å². The van der Waals surface area contributed by atoms with Crippen molar-refractivity contribution in [2.45, 2.75) is 0 Å². The quantitative estimate of drug-likeness (QED) is 0.226. The summed E-state index contributed by atoms with van der Waals surface area (Å²) in [6.07, 6.45) is 0. The SMILES string of the molecule is C[N](C)[Cu][c]1cccc2c3nc4nc(nc5[nH]c(nc6nc(nc([nH]3)c12)-c1ccccc1-6)c1ccccc51)-c1ccccc1-4. The maximum atomic E-state index is 5.15. The van der Waals surface area contributed by atoms with Crippen LogP contribution < -0.4 is 4.46 Å². The fourth-order valence-corrected chi connectivity index (χ4v) is 6.78. The summed E-state index contributed by atoms with van der Waals surface area (Å²) in [4.78, 5) is 37.3. The van der Waals surface area contributed by atoms with E-state index in [-0.39, 0.29) is 0 Å². The van der Waals surface area contributed by atoms with Gasteiger partial charge in [0.2, 0.25) is 0 Å². The molecular formula is C34H23CuN9. The average Bonchev–Trinajstić information content (AvgIpc) is 3.77.